The molecule has 0 heterocycles. The molecule has 26 heavy (non-hydrogen) atoms. The zero-order valence-electron chi connectivity index (χ0n) is 16.8. The molecule has 7 N–H and O–H groups in total. The summed E-state index contributed by atoms with van der Waals surface area (Å²) in [7, 11) is 0. The number of nitrogens with two attached hydrogens (primary N) is 2. The van der Waals surface area contributed by atoms with Crippen molar-refractivity contribution in [2.75, 3.05) is 0 Å². The summed E-state index contributed by atoms with van der Waals surface area (Å²) < 4.78 is 0. The minimum atomic E-state index is -0.657. The van der Waals surface area contributed by atoms with E-state index in [9.17, 15) is 4.79 Å². The molecule has 0 aliphatic heterocycles. The summed E-state index contributed by atoms with van der Waals surface area (Å²) in [5.74, 6) is -0.657. The zero-order valence-corrected chi connectivity index (χ0v) is 19.1. The van der Waals surface area contributed by atoms with Gasteiger partial charge in [-0.3, -0.25) is 4.79 Å². The summed E-state index contributed by atoms with van der Waals surface area (Å²) in [6.07, 6.45) is 19.2. The number of carboxylic acids is 1. The van der Waals surface area contributed by atoms with Gasteiger partial charge in [-0.25, -0.2) is 0 Å². The van der Waals surface area contributed by atoms with Crippen LogP contribution >= 0.6 is 0 Å². The molecule has 0 aromatic rings. The molecule has 6 heteroatoms. The van der Waals surface area contributed by atoms with E-state index in [4.69, 9.17) is 16.6 Å². The molecule has 1 fully saturated rings. The van der Waals surface area contributed by atoms with E-state index < -0.39 is 5.97 Å². The molecular formula is C20H44N2O3Pt. The normalized spacial score (nSPS) is 18.7. The summed E-state index contributed by atoms with van der Waals surface area (Å²) in [6, 6.07) is 0.562. The molecule has 1 aliphatic carbocycles. The number of carbonyl (C=O) groups is 1. The third-order valence-electron chi connectivity index (χ3n) is 4.87. The van der Waals surface area contributed by atoms with Crippen molar-refractivity contribution in [1.82, 2.24) is 0 Å². The maximum Gasteiger partial charge on any atom is 0.303 e. The smallest absolute Gasteiger partial charge is 0.303 e. The van der Waals surface area contributed by atoms with Crippen LogP contribution < -0.4 is 11.5 Å². The molecule has 0 radical (unpaired) electrons. The second kappa shape index (κ2) is 23.1. The first kappa shape index (κ1) is 30.8. The number of hydrogen-bond acceptors (Lipinski definition) is 3. The molecule has 5 nitrogen and oxygen atoms in total. The number of unbranched alkanes of at least 4 members (excludes halogenated alkanes) is 10. The Bertz CT molecular complexity index is 284. The van der Waals surface area contributed by atoms with Gasteiger partial charge >= 0.3 is 5.97 Å². The van der Waals surface area contributed by atoms with Gasteiger partial charge in [0.2, 0.25) is 0 Å². The maximum atomic E-state index is 10.3. The van der Waals surface area contributed by atoms with Gasteiger partial charge in [-0.2, -0.15) is 0 Å². The quantitative estimate of drug-likeness (QED) is 0.313. The topological polar surface area (TPSA) is 121 Å². The largest absolute Gasteiger partial charge is 0.481 e. The Kier molecular flexibility index (Phi) is 27.3. The standard InChI is InChI=1S/C14H28O2.C6H14N2.H2O.Pt/c1-2-3-4-5-6-7-8-9-10-11-12-13-14(15)16;7-5-3-1-2-4-6(5)8;;/h2-13H2,1H3,(H,15,16);5-6H,1-4,7-8H2;1H2;/t;5-,6-;;/m.1../s1. The van der Waals surface area contributed by atoms with Crippen molar-refractivity contribution in [2.24, 2.45) is 11.5 Å². The number of carboxylic acid groups (broad SMARTS) is 1. The molecule has 1 aliphatic rings. The first-order chi connectivity index (χ1) is 11.6. The van der Waals surface area contributed by atoms with Gasteiger partial charge in [0.15, 0.2) is 0 Å². The van der Waals surface area contributed by atoms with Crippen LogP contribution in [0.3, 0.4) is 0 Å². The second-order valence-electron chi connectivity index (χ2n) is 7.29. The molecule has 2 atom stereocenters. The van der Waals surface area contributed by atoms with Gasteiger partial charge < -0.3 is 22.1 Å². The summed E-state index contributed by atoms with van der Waals surface area (Å²) in [4.78, 5) is 10.3. The van der Waals surface area contributed by atoms with Gasteiger partial charge in [0, 0.05) is 39.6 Å². The van der Waals surface area contributed by atoms with Crippen molar-refractivity contribution in [1.29, 1.82) is 0 Å². The van der Waals surface area contributed by atoms with Gasteiger partial charge in [-0.05, 0) is 19.3 Å². The van der Waals surface area contributed by atoms with Crippen LogP contribution in [-0.4, -0.2) is 28.6 Å². The van der Waals surface area contributed by atoms with E-state index >= 15 is 0 Å². The fourth-order valence-corrected chi connectivity index (χ4v) is 3.13. The zero-order chi connectivity index (χ0) is 18.0. The predicted octanol–water partition coefficient (Wildman–Crippen LogP) is 4.16. The van der Waals surface area contributed by atoms with Crippen molar-refractivity contribution in [3.8, 4) is 0 Å². The van der Waals surface area contributed by atoms with Crippen LogP contribution in [0, 0.1) is 0 Å². The van der Waals surface area contributed by atoms with Gasteiger partial charge in [-0.15, -0.1) is 0 Å². The summed E-state index contributed by atoms with van der Waals surface area (Å²) in [5, 5.41) is 8.46. The Morgan fingerprint density at radius 3 is 1.46 bits per heavy atom. The molecule has 0 spiro atoms. The Morgan fingerprint density at radius 1 is 0.808 bits per heavy atom. The van der Waals surface area contributed by atoms with Crippen molar-refractivity contribution in [2.45, 2.75) is 122 Å². The average molecular weight is 556 g/mol. The molecule has 1 saturated carbocycles. The second-order valence-corrected chi connectivity index (χ2v) is 7.29. The molecule has 0 saturated heterocycles. The van der Waals surface area contributed by atoms with Gasteiger partial charge in [0.05, 0.1) is 0 Å². The molecular weight excluding hydrogens is 511 g/mol. The number of hydrogen-bond donors (Lipinski definition) is 3. The van der Waals surface area contributed by atoms with Crippen LogP contribution in [0.2, 0.25) is 0 Å². The summed E-state index contributed by atoms with van der Waals surface area (Å²) >= 11 is 0. The first-order valence-electron chi connectivity index (χ1n) is 10.3. The van der Waals surface area contributed by atoms with Gasteiger partial charge in [-0.1, -0.05) is 84.0 Å². The van der Waals surface area contributed by atoms with Crippen molar-refractivity contribution in [3.63, 3.8) is 0 Å². The Balaban J connectivity index is -0.000000447. The summed E-state index contributed by atoms with van der Waals surface area (Å²) in [5.41, 5.74) is 11.3. The fourth-order valence-electron chi connectivity index (χ4n) is 3.13. The van der Waals surface area contributed by atoms with Crippen LogP contribution in [0.4, 0.5) is 0 Å². The van der Waals surface area contributed by atoms with E-state index in [-0.39, 0.29) is 38.6 Å². The minimum Gasteiger partial charge on any atom is -0.481 e. The molecule has 0 aromatic heterocycles. The SMILES string of the molecule is CCCCCCCCCCCCCC(=O)O.N[C@@H]1CCCC[C@H]1N.O.[Pt]. The first-order valence-corrected chi connectivity index (χ1v) is 10.3. The van der Waals surface area contributed by atoms with Crippen LogP contribution in [0.25, 0.3) is 0 Å². The van der Waals surface area contributed by atoms with E-state index in [0.29, 0.717) is 6.42 Å². The van der Waals surface area contributed by atoms with Crippen molar-refractivity contribution < 1.29 is 36.4 Å². The Hall–Kier alpha value is 0.0383. The molecule has 0 unspecified atom stereocenters. The number of rotatable bonds is 12. The van der Waals surface area contributed by atoms with Crippen LogP contribution in [0.5, 0.6) is 0 Å². The van der Waals surface area contributed by atoms with Crippen molar-refractivity contribution in [3.05, 3.63) is 0 Å². The summed E-state index contributed by atoms with van der Waals surface area (Å²) in [6.45, 7) is 2.25. The fraction of sp³-hybridized carbons (Fsp3) is 0.950. The third kappa shape index (κ3) is 22.1. The predicted molar refractivity (Wildman–Crippen MR) is 107 cm³/mol. The van der Waals surface area contributed by atoms with E-state index in [1.165, 1.54) is 70.6 Å². The van der Waals surface area contributed by atoms with Crippen molar-refractivity contribution >= 4 is 5.97 Å². The van der Waals surface area contributed by atoms with Crippen LogP contribution in [-0.2, 0) is 25.9 Å². The van der Waals surface area contributed by atoms with Gasteiger partial charge in [0.25, 0.3) is 0 Å². The minimum absolute atomic E-state index is 0. The molecule has 0 amide bonds. The number of aliphatic carboxylic acids is 1. The van der Waals surface area contributed by atoms with E-state index in [0.717, 1.165) is 25.7 Å². The van der Waals surface area contributed by atoms with E-state index in [1.54, 1.807) is 0 Å². The monoisotopic (exact) mass is 555 g/mol. The maximum absolute atomic E-state index is 10.3. The molecule has 162 valence electrons. The van der Waals surface area contributed by atoms with E-state index in [1.807, 2.05) is 0 Å². The average Bonchev–Trinajstić information content (AvgIpc) is 2.56. The Morgan fingerprint density at radius 2 is 1.15 bits per heavy atom. The molecule has 0 aromatic carbocycles. The van der Waals surface area contributed by atoms with E-state index in [2.05, 4.69) is 6.92 Å². The van der Waals surface area contributed by atoms with Crippen LogP contribution in [0.1, 0.15) is 110 Å². The van der Waals surface area contributed by atoms with Gasteiger partial charge in [0.1, 0.15) is 0 Å². The Labute approximate surface area is 175 Å². The molecule has 1 rings (SSSR count). The molecule has 0 bridgehead atoms. The third-order valence-corrected chi connectivity index (χ3v) is 4.87. The van der Waals surface area contributed by atoms with Crippen LogP contribution in [0.15, 0.2) is 0 Å².